The Morgan fingerprint density at radius 3 is 2.68 bits per heavy atom. The average Bonchev–Trinajstić information content (AvgIpc) is 3.24. The van der Waals surface area contributed by atoms with Crippen molar-refractivity contribution in [2.75, 3.05) is 16.8 Å². The van der Waals surface area contributed by atoms with Gasteiger partial charge in [-0.15, -0.1) is 0 Å². The van der Waals surface area contributed by atoms with Crippen molar-refractivity contribution in [3.63, 3.8) is 0 Å². The third kappa shape index (κ3) is 4.50. The summed E-state index contributed by atoms with van der Waals surface area (Å²) >= 11 is 0. The molecule has 7 nitrogen and oxygen atoms in total. The number of anilines is 2. The van der Waals surface area contributed by atoms with Crippen LogP contribution in [-0.2, 0) is 23.1 Å². The summed E-state index contributed by atoms with van der Waals surface area (Å²) in [5, 5.41) is 7.09. The van der Waals surface area contributed by atoms with E-state index in [0.717, 1.165) is 34.5 Å². The first-order valence-corrected chi connectivity index (χ1v) is 10.4. The lowest BCUT2D eigenvalue weighted by molar-refractivity contribution is -0.124. The first kappa shape index (κ1) is 20.8. The molecule has 0 spiro atoms. The van der Waals surface area contributed by atoms with E-state index in [-0.39, 0.29) is 23.7 Å². The minimum absolute atomic E-state index is 0.0996. The third-order valence-corrected chi connectivity index (χ3v) is 5.63. The van der Waals surface area contributed by atoms with Crippen molar-refractivity contribution in [2.45, 2.75) is 33.6 Å². The normalized spacial score (nSPS) is 15.4. The van der Waals surface area contributed by atoms with Gasteiger partial charge in [-0.2, -0.15) is 5.10 Å². The standard InChI is InChI=1S/C24H27N5O2/c1-16-10-20(29-9-8-24(2,3)23(29)31)13-21(26-16)27-22(30)12-17-6-5-7-18(11-17)19-14-25-28(4)15-19/h5-7,10-11,13-15H,8-9,12H2,1-4H3,(H,26,27,30). The summed E-state index contributed by atoms with van der Waals surface area (Å²) < 4.78 is 1.75. The number of pyridine rings is 1. The Hall–Kier alpha value is -3.48. The zero-order valence-electron chi connectivity index (χ0n) is 18.3. The zero-order chi connectivity index (χ0) is 22.2. The molecule has 2 aromatic heterocycles. The highest BCUT2D eigenvalue weighted by Crippen LogP contribution is 2.34. The van der Waals surface area contributed by atoms with Gasteiger partial charge in [0, 0.05) is 48.2 Å². The molecule has 0 aliphatic carbocycles. The maximum atomic E-state index is 12.7. The Morgan fingerprint density at radius 1 is 1.19 bits per heavy atom. The van der Waals surface area contributed by atoms with E-state index < -0.39 is 0 Å². The van der Waals surface area contributed by atoms with Gasteiger partial charge >= 0.3 is 0 Å². The van der Waals surface area contributed by atoms with E-state index in [1.807, 2.05) is 64.3 Å². The number of nitrogens with one attached hydrogen (secondary N) is 1. The SMILES string of the molecule is Cc1cc(N2CCC(C)(C)C2=O)cc(NC(=O)Cc2cccc(-c3cnn(C)c3)c2)n1. The second-order valence-corrected chi connectivity index (χ2v) is 8.77. The second kappa shape index (κ2) is 7.98. The van der Waals surface area contributed by atoms with Gasteiger partial charge in [0.05, 0.1) is 12.6 Å². The van der Waals surface area contributed by atoms with Gasteiger partial charge < -0.3 is 10.2 Å². The molecule has 1 aliphatic heterocycles. The summed E-state index contributed by atoms with van der Waals surface area (Å²) in [6, 6.07) is 11.5. The van der Waals surface area contributed by atoms with Gasteiger partial charge in [0.25, 0.3) is 0 Å². The minimum atomic E-state index is -0.361. The van der Waals surface area contributed by atoms with Gasteiger partial charge in [-0.1, -0.05) is 38.1 Å². The van der Waals surface area contributed by atoms with Gasteiger partial charge in [0.1, 0.15) is 5.82 Å². The van der Waals surface area contributed by atoms with E-state index in [2.05, 4.69) is 15.4 Å². The van der Waals surface area contributed by atoms with Crippen molar-refractivity contribution in [3.05, 3.63) is 60.0 Å². The number of carbonyl (C=O) groups is 2. The Morgan fingerprint density at radius 2 is 2.00 bits per heavy atom. The lowest BCUT2D eigenvalue weighted by Crippen LogP contribution is -2.31. The first-order valence-electron chi connectivity index (χ1n) is 10.4. The number of aromatic nitrogens is 3. The fourth-order valence-electron chi connectivity index (χ4n) is 3.89. The van der Waals surface area contributed by atoms with Crippen LogP contribution < -0.4 is 10.2 Å². The van der Waals surface area contributed by atoms with Gasteiger partial charge in [-0.3, -0.25) is 14.3 Å². The molecule has 1 aromatic carbocycles. The van der Waals surface area contributed by atoms with E-state index in [0.29, 0.717) is 12.4 Å². The lowest BCUT2D eigenvalue weighted by Gasteiger charge is -2.20. The van der Waals surface area contributed by atoms with Crippen LogP contribution in [-0.4, -0.2) is 33.1 Å². The maximum Gasteiger partial charge on any atom is 0.232 e. The highest BCUT2D eigenvalue weighted by Gasteiger charge is 2.39. The predicted molar refractivity (Wildman–Crippen MR) is 121 cm³/mol. The number of aryl methyl sites for hydroxylation is 2. The topological polar surface area (TPSA) is 80.1 Å². The Bertz CT molecular complexity index is 1150. The van der Waals surface area contributed by atoms with Crippen molar-refractivity contribution in [1.82, 2.24) is 14.8 Å². The van der Waals surface area contributed by atoms with Crippen LogP contribution in [0.1, 0.15) is 31.5 Å². The van der Waals surface area contributed by atoms with E-state index in [4.69, 9.17) is 0 Å². The second-order valence-electron chi connectivity index (χ2n) is 8.77. The van der Waals surface area contributed by atoms with Crippen molar-refractivity contribution in [2.24, 2.45) is 12.5 Å². The van der Waals surface area contributed by atoms with Crippen LogP contribution >= 0.6 is 0 Å². The molecule has 0 saturated carbocycles. The summed E-state index contributed by atoms with van der Waals surface area (Å²) in [5.74, 6) is 0.406. The summed E-state index contributed by atoms with van der Waals surface area (Å²) in [7, 11) is 1.88. The quantitative estimate of drug-likeness (QED) is 0.686. The summed E-state index contributed by atoms with van der Waals surface area (Å²) in [4.78, 5) is 31.6. The van der Waals surface area contributed by atoms with Crippen molar-refractivity contribution in [1.29, 1.82) is 0 Å². The predicted octanol–water partition coefficient (Wildman–Crippen LogP) is 3.73. The molecule has 0 bridgehead atoms. The fourth-order valence-corrected chi connectivity index (χ4v) is 3.89. The monoisotopic (exact) mass is 417 g/mol. The van der Waals surface area contributed by atoms with Gasteiger partial charge in [0.2, 0.25) is 11.8 Å². The molecule has 1 saturated heterocycles. The molecule has 1 N–H and O–H groups in total. The van der Waals surface area contributed by atoms with E-state index in [9.17, 15) is 9.59 Å². The molecular formula is C24H27N5O2. The zero-order valence-corrected chi connectivity index (χ0v) is 18.3. The molecule has 160 valence electrons. The molecule has 4 rings (SSSR count). The molecule has 31 heavy (non-hydrogen) atoms. The number of hydrogen-bond donors (Lipinski definition) is 1. The van der Waals surface area contributed by atoms with Crippen molar-refractivity contribution >= 4 is 23.3 Å². The van der Waals surface area contributed by atoms with Crippen molar-refractivity contribution < 1.29 is 9.59 Å². The number of nitrogens with zero attached hydrogens (tertiary/aromatic N) is 4. The molecule has 0 unspecified atom stereocenters. The molecule has 7 heteroatoms. The maximum absolute atomic E-state index is 12.7. The molecule has 1 aliphatic rings. The fraction of sp³-hybridized carbons (Fsp3) is 0.333. The molecule has 0 radical (unpaired) electrons. The highest BCUT2D eigenvalue weighted by atomic mass is 16.2. The van der Waals surface area contributed by atoms with E-state index >= 15 is 0 Å². The number of rotatable bonds is 5. The van der Waals surface area contributed by atoms with Crippen LogP contribution in [0.4, 0.5) is 11.5 Å². The van der Waals surface area contributed by atoms with Crippen molar-refractivity contribution in [3.8, 4) is 11.1 Å². The molecule has 0 atom stereocenters. The molecule has 3 aromatic rings. The Kier molecular flexibility index (Phi) is 5.35. The number of benzene rings is 1. The smallest absolute Gasteiger partial charge is 0.232 e. The molecular weight excluding hydrogens is 390 g/mol. The van der Waals surface area contributed by atoms with Crippen LogP contribution in [0.5, 0.6) is 0 Å². The number of hydrogen-bond acceptors (Lipinski definition) is 4. The largest absolute Gasteiger partial charge is 0.312 e. The van der Waals surface area contributed by atoms with Crippen LogP contribution in [0, 0.1) is 12.3 Å². The molecule has 1 fully saturated rings. The summed E-state index contributed by atoms with van der Waals surface area (Å²) in [6.45, 7) is 6.46. The van der Waals surface area contributed by atoms with E-state index in [1.165, 1.54) is 0 Å². The Balaban J connectivity index is 1.48. The highest BCUT2D eigenvalue weighted by molar-refractivity contribution is 6.00. The lowest BCUT2D eigenvalue weighted by atomic mass is 9.92. The van der Waals surface area contributed by atoms with Crippen LogP contribution in [0.3, 0.4) is 0 Å². The number of amides is 2. The average molecular weight is 418 g/mol. The Labute approximate surface area is 182 Å². The summed E-state index contributed by atoms with van der Waals surface area (Å²) in [6.07, 6.45) is 4.79. The first-order chi connectivity index (χ1) is 14.7. The molecule has 2 amide bonds. The van der Waals surface area contributed by atoms with Gasteiger partial charge in [0.15, 0.2) is 0 Å². The molecule has 3 heterocycles. The third-order valence-electron chi connectivity index (χ3n) is 5.63. The van der Waals surface area contributed by atoms with Crippen LogP contribution in [0.2, 0.25) is 0 Å². The van der Waals surface area contributed by atoms with Crippen LogP contribution in [0.25, 0.3) is 11.1 Å². The summed E-state index contributed by atoms with van der Waals surface area (Å²) in [5.41, 5.74) is 4.10. The van der Waals surface area contributed by atoms with Crippen LogP contribution in [0.15, 0.2) is 48.8 Å². The van der Waals surface area contributed by atoms with E-state index in [1.54, 1.807) is 21.8 Å². The van der Waals surface area contributed by atoms with Gasteiger partial charge in [-0.05, 0) is 30.5 Å². The minimum Gasteiger partial charge on any atom is -0.312 e. The van der Waals surface area contributed by atoms with Gasteiger partial charge in [-0.25, -0.2) is 4.98 Å². The number of carbonyl (C=O) groups excluding carboxylic acids is 2.